The SMILES string of the molecule is CC1(C)c2ccccc2-c2ccc(N(c3ccccc3-c3ccccc3)c3ccccc3-c3cccc4c3C3(c5ccccc5-4)c4ccccc4N(c4ccccc4)c4ccccc43)cc21. The molecule has 0 atom stereocenters. The molecule has 312 valence electrons. The summed E-state index contributed by atoms with van der Waals surface area (Å²) in [6.07, 6.45) is 0. The van der Waals surface area contributed by atoms with Crippen molar-refractivity contribution >= 4 is 34.1 Å². The molecule has 0 saturated heterocycles. The molecule has 66 heavy (non-hydrogen) atoms. The lowest BCUT2D eigenvalue weighted by atomic mass is 9.63. The van der Waals surface area contributed by atoms with Gasteiger partial charge in [-0.1, -0.05) is 208 Å². The highest BCUT2D eigenvalue weighted by atomic mass is 15.2. The van der Waals surface area contributed by atoms with Crippen molar-refractivity contribution in [3.63, 3.8) is 0 Å². The van der Waals surface area contributed by atoms with Crippen LogP contribution in [0, 0.1) is 0 Å². The van der Waals surface area contributed by atoms with E-state index in [1.165, 1.54) is 89.3 Å². The first-order valence-corrected chi connectivity index (χ1v) is 23.1. The van der Waals surface area contributed by atoms with E-state index in [-0.39, 0.29) is 5.41 Å². The summed E-state index contributed by atoms with van der Waals surface area (Å²) in [5.74, 6) is 0. The lowest BCUT2D eigenvalue weighted by Crippen LogP contribution is -2.36. The van der Waals surface area contributed by atoms with Gasteiger partial charge in [0.15, 0.2) is 0 Å². The number of hydrogen-bond donors (Lipinski definition) is 0. The zero-order valence-electron chi connectivity index (χ0n) is 37.0. The fourth-order valence-electron chi connectivity index (χ4n) is 11.9. The Kier molecular flexibility index (Phi) is 8.51. The van der Waals surface area contributed by atoms with Crippen molar-refractivity contribution in [1.82, 2.24) is 0 Å². The zero-order valence-corrected chi connectivity index (χ0v) is 37.0. The Morgan fingerprint density at radius 2 is 0.788 bits per heavy atom. The molecule has 0 fully saturated rings. The highest BCUT2D eigenvalue weighted by molar-refractivity contribution is 6.02. The summed E-state index contributed by atoms with van der Waals surface area (Å²) in [6, 6.07) is 90.2. The number of benzene rings is 10. The lowest BCUT2D eigenvalue weighted by molar-refractivity contribution is 0.660. The Morgan fingerprint density at radius 1 is 0.333 bits per heavy atom. The van der Waals surface area contributed by atoms with Gasteiger partial charge in [0, 0.05) is 27.9 Å². The van der Waals surface area contributed by atoms with Gasteiger partial charge in [-0.05, 0) is 115 Å². The van der Waals surface area contributed by atoms with Crippen LogP contribution in [0.15, 0.2) is 243 Å². The van der Waals surface area contributed by atoms with E-state index in [0.29, 0.717) is 0 Å². The van der Waals surface area contributed by atoms with E-state index in [9.17, 15) is 0 Å². The monoisotopic (exact) mass is 842 g/mol. The molecule has 2 heteroatoms. The Morgan fingerprint density at radius 3 is 1.45 bits per heavy atom. The maximum atomic E-state index is 2.53. The maximum absolute atomic E-state index is 2.53. The summed E-state index contributed by atoms with van der Waals surface area (Å²) < 4.78 is 0. The van der Waals surface area contributed by atoms with Crippen LogP contribution in [0.4, 0.5) is 34.1 Å². The van der Waals surface area contributed by atoms with Crippen molar-refractivity contribution in [1.29, 1.82) is 0 Å². The second kappa shape index (κ2) is 14.7. The van der Waals surface area contributed by atoms with Crippen LogP contribution in [0.5, 0.6) is 0 Å². The number of fused-ring (bicyclic) bond motifs is 12. The van der Waals surface area contributed by atoms with Crippen molar-refractivity contribution in [2.24, 2.45) is 0 Å². The van der Waals surface area contributed by atoms with Crippen LogP contribution in [-0.2, 0) is 10.8 Å². The molecule has 2 aliphatic carbocycles. The minimum Gasteiger partial charge on any atom is -0.310 e. The summed E-state index contributed by atoms with van der Waals surface area (Å²) >= 11 is 0. The summed E-state index contributed by atoms with van der Waals surface area (Å²) in [5, 5.41) is 0. The van der Waals surface area contributed by atoms with E-state index in [1.54, 1.807) is 0 Å². The van der Waals surface area contributed by atoms with Crippen molar-refractivity contribution in [3.05, 3.63) is 276 Å². The van der Waals surface area contributed by atoms with E-state index >= 15 is 0 Å². The quantitative estimate of drug-likeness (QED) is 0.165. The first kappa shape index (κ1) is 38.3. The molecule has 0 bridgehead atoms. The smallest absolute Gasteiger partial charge is 0.0760 e. The maximum Gasteiger partial charge on any atom is 0.0760 e. The molecule has 0 amide bonds. The fourth-order valence-corrected chi connectivity index (χ4v) is 11.9. The van der Waals surface area contributed by atoms with E-state index in [1.807, 2.05) is 0 Å². The Labute approximate surface area is 387 Å². The molecule has 0 N–H and O–H groups in total. The molecule has 1 spiro atoms. The molecule has 0 aromatic heterocycles. The van der Waals surface area contributed by atoms with Crippen LogP contribution >= 0.6 is 0 Å². The molecular formula is C64H46N2. The predicted octanol–water partition coefficient (Wildman–Crippen LogP) is 16.9. The van der Waals surface area contributed by atoms with Crippen LogP contribution in [0.3, 0.4) is 0 Å². The number of nitrogens with zero attached hydrogens (tertiary/aromatic N) is 2. The Balaban J connectivity index is 1.10. The van der Waals surface area contributed by atoms with Gasteiger partial charge in [-0.15, -0.1) is 0 Å². The highest BCUT2D eigenvalue weighted by Gasteiger charge is 2.53. The average Bonchev–Trinajstić information content (AvgIpc) is 3.80. The average molecular weight is 843 g/mol. The van der Waals surface area contributed by atoms with Crippen molar-refractivity contribution < 1.29 is 0 Å². The van der Waals surface area contributed by atoms with Crippen LogP contribution in [0.25, 0.3) is 44.5 Å². The third-order valence-corrected chi connectivity index (χ3v) is 14.7. The summed E-state index contributed by atoms with van der Waals surface area (Å²) in [6.45, 7) is 4.75. The lowest BCUT2D eigenvalue weighted by Gasteiger charge is -2.45. The van der Waals surface area contributed by atoms with E-state index < -0.39 is 5.41 Å². The van der Waals surface area contributed by atoms with Gasteiger partial charge in [0.1, 0.15) is 0 Å². The molecule has 3 aliphatic rings. The highest BCUT2D eigenvalue weighted by Crippen LogP contribution is 2.65. The number of hydrogen-bond acceptors (Lipinski definition) is 2. The standard InChI is InChI=1S/C64H46N2/c1-63(2)53-32-13-9-27-47(53)49-41-40-45(42-57(49)63)66(58-36-17-11-26-46(58)43-22-5-3-6-23-43)59-37-18-12-29-50(59)52-31-21-30-51-48-28-10-14-33-54(48)64(62(51)52)55-34-15-19-38-60(55)65(44-24-7-4-8-25-44)61-39-20-16-35-56(61)64/h3-42H,1-2H3. The zero-order chi connectivity index (χ0) is 44.0. The van der Waals surface area contributed by atoms with Gasteiger partial charge in [-0.2, -0.15) is 0 Å². The molecule has 13 rings (SSSR count). The van der Waals surface area contributed by atoms with Gasteiger partial charge in [-0.3, -0.25) is 0 Å². The van der Waals surface area contributed by atoms with Crippen LogP contribution in [-0.4, -0.2) is 0 Å². The molecule has 0 radical (unpaired) electrons. The summed E-state index contributed by atoms with van der Waals surface area (Å²) in [4.78, 5) is 4.99. The summed E-state index contributed by atoms with van der Waals surface area (Å²) in [5.41, 5.74) is 23.9. The van der Waals surface area contributed by atoms with E-state index in [0.717, 1.165) is 22.7 Å². The molecule has 10 aromatic rings. The third kappa shape index (κ3) is 5.36. The molecular weight excluding hydrogens is 797 g/mol. The molecule has 2 nitrogen and oxygen atoms in total. The van der Waals surface area contributed by atoms with Crippen LogP contribution in [0.1, 0.15) is 47.2 Å². The second-order valence-corrected chi connectivity index (χ2v) is 18.4. The minimum atomic E-state index is -0.621. The van der Waals surface area contributed by atoms with Crippen molar-refractivity contribution in [2.75, 3.05) is 9.80 Å². The van der Waals surface area contributed by atoms with Crippen molar-refractivity contribution in [2.45, 2.75) is 24.7 Å². The topological polar surface area (TPSA) is 6.48 Å². The van der Waals surface area contributed by atoms with Crippen LogP contribution < -0.4 is 9.80 Å². The van der Waals surface area contributed by atoms with Gasteiger partial charge in [0.2, 0.25) is 0 Å². The molecule has 0 unspecified atom stereocenters. The first-order chi connectivity index (χ1) is 32.5. The van der Waals surface area contributed by atoms with Gasteiger partial charge >= 0.3 is 0 Å². The molecule has 0 saturated carbocycles. The van der Waals surface area contributed by atoms with Crippen LogP contribution in [0.2, 0.25) is 0 Å². The van der Waals surface area contributed by atoms with E-state index in [2.05, 4.69) is 266 Å². The van der Waals surface area contributed by atoms with Gasteiger partial charge in [0.05, 0.1) is 28.2 Å². The first-order valence-electron chi connectivity index (χ1n) is 23.1. The Bertz CT molecular complexity index is 3480. The molecule has 10 aromatic carbocycles. The number of anilines is 6. The minimum absolute atomic E-state index is 0.167. The fraction of sp³-hybridized carbons (Fsp3) is 0.0625. The Hall–Kier alpha value is -8.20. The predicted molar refractivity (Wildman–Crippen MR) is 275 cm³/mol. The van der Waals surface area contributed by atoms with Gasteiger partial charge < -0.3 is 9.80 Å². The second-order valence-electron chi connectivity index (χ2n) is 18.4. The largest absolute Gasteiger partial charge is 0.310 e. The summed E-state index contributed by atoms with van der Waals surface area (Å²) in [7, 11) is 0. The van der Waals surface area contributed by atoms with Gasteiger partial charge in [-0.25, -0.2) is 0 Å². The third-order valence-electron chi connectivity index (χ3n) is 14.7. The number of para-hydroxylation sites is 5. The molecule has 1 heterocycles. The van der Waals surface area contributed by atoms with E-state index in [4.69, 9.17) is 0 Å². The van der Waals surface area contributed by atoms with Crippen molar-refractivity contribution in [3.8, 4) is 44.5 Å². The number of rotatable bonds is 6. The van der Waals surface area contributed by atoms with Gasteiger partial charge in [0.25, 0.3) is 0 Å². The molecule has 1 aliphatic heterocycles. The normalized spacial score (nSPS) is 14.1.